The minimum absolute atomic E-state index is 0.00995. The lowest BCUT2D eigenvalue weighted by molar-refractivity contribution is 0.0950. The maximum Gasteiger partial charge on any atom is 0.253 e. The Labute approximate surface area is 115 Å². The Morgan fingerprint density at radius 1 is 1.26 bits per heavy atom. The molecule has 0 aliphatic carbocycles. The van der Waals surface area contributed by atoms with Gasteiger partial charge in [-0.1, -0.05) is 12.1 Å². The molecule has 104 valence electrons. The minimum atomic E-state index is 0.00995. The third kappa shape index (κ3) is 3.96. The monoisotopic (exact) mass is 261 g/mol. The van der Waals surface area contributed by atoms with E-state index in [1.54, 1.807) is 0 Å². The van der Waals surface area contributed by atoms with Crippen LogP contribution in [0.5, 0.6) is 0 Å². The summed E-state index contributed by atoms with van der Waals surface area (Å²) in [6, 6.07) is 7.65. The summed E-state index contributed by atoms with van der Waals surface area (Å²) in [6.07, 6.45) is 2.58. The van der Waals surface area contributed by atoms with Gasteiger partial charge in [-0.25, -0.2) is 0 Å². The summed E-state index contributed by atoms with van der Waals surface area (Å²) in [5.41, 5.74) is 1.63. The van der Waals surface area contributed by atoms with Crippen LogP contribution in [0.4, 0.5) is 5.69 Å². The van der Waals surface area contributed by atoms with Gasteiger partial charge in [-0.3, -0.25) is 4.79 Å². The zero-order valence-electron chi connectivity index (χ0n) is 11.6. The van der Waals surface area contributed by atoms with E-state index >= 15 is 0 Å². The number of para-hydroxylation sites is 1. The summed E-state index contributed by atoms with van der Waals surface area (Å²) >= 11 is 0. The Hall–Kier alpha value is -1.55. The molecule has 0 aromatic heterocycles. The quantitative estimate of drug-likeness (QED) is 0.822. The van der Waals surface area contributed by atoms with Crippen molar-refractivity contribution in [2.24, 2.45) is 0 Å². The molecule has 1 amide bonds. The smallest absolute Gasteiger partial charge is 0.253 e. The summed E-state index contributed by atoms with van der Waals surface area (Å²) in [5, 5.41) is 6.22. The number of carbonyl (C=O) groups excluding carboxylic acids is 1. The first-order valence-corrected chi connectivity index (χ1v) is 7.14. The van der Waals surface area contributed by atoms with Crippen LogP contribution in [0, 0.1) is 0 Å². The Balaban J connectivity index is 1.84. The Kier molecular flexibility index (Phi) is 5.21. The van der Waals surface area contributed by atoms with Gasteiger partial charge in [0, 0.05) is 25.3 Å². The Bertz CT molecular complexity index is 414. The molecule has 0 bridgehead atoms. The first-order valence-electron chi connectivity index (χ1n) is 7.14. The van der Waals surface area contributed by atoms with Crippen molar-refractivity contribution in [3.63, 3.8) is 0 Å². The predicted molar refractivity (Wildman–Crippen MR) is 78.6 cm³/mol. The van der Waals surface area contributed by atoms with Crippen molar-refractivity contribution < 1.29 is 4.79 Å². The van der Waals surface area contributed by atoms with Gasteiger partial charge in [0.1, 0.15) is 0 Å². The van der Waals surface area contributed by atoms with Crippen molar-refractivity contribution in [2.75, 3.05) is 38.0 Å². The van der Waals surface area contributed by atoms with Gasteiger partial charge in [0.2, 0.25) is 0 Å². The maximum atomic E-state index is 12.1. The molecule has 1 aliphatic rings. The number of likely N-dealkylation sites (tertiary alicyclic amines) is 1. The zero-order chi connectivity index (χ0) is 13.5. The molecular formula is C15H23N3O. The molecule has 1 heterocycles. The van der Waals surface area contributed by atoms with Crippen LogP contribution < -0.4 is 10.6 Å². The molecule has 2 rings (SSSR count). The number of nitrogens with zero attached hydrogens (tertiary/aromatic N) is 1. The number of amides is 1. The predicted octanol–water partition coefficient (Wildman–Crippen LogP) is 1.94. The molecule has 19 heavy (non-hydrogen) atoms. The second-order valence-corrected chi connectivity index (χ2v) is 4.88. The molecule has 0 atom stereocenters. The van der Waals surface area contributed by atoms with Crippen molar-refractivity contribution in [2.45, 2.75) is 19.8 Å². The summed E-state index contributed by atoms with van der Waals surface area (Å²) < 4.78 is 0. The van der Waals surface area contributed by atoms with Crippen LogP contribution in [0.1, 0.15) is 30.1 Å². The molecule has 0 unspecified atom stereocenters. The SMILES string of the molecule is CCNc1ccccc1C(=O)NCCN1CCCC1. The molecular weight excluding hydrogens is 238 g/mol. The Morgan fingerprint density at radius 3 is 2.74 bits per heavy atom. The number of carbonyl (C=O) groups is 1. The second kappa shape index (κ2) is 7.14. The second-order valence-electron chi connectivity index (χ2n) is 4.88. The molecule has 1 aromatic rings. The first-order chi connectivity index (χ1) is 9.31. The van der Waals surface area contributed by atoms with E-state index in [2.05, 4.69) is 15.5 Å². The molecule has 1 fully saturated rings. The van der Waals surface area contributed by atoms with Crippen LogP contribution in [0.25, 0.3) is 0 Å². The molecule has 0 spiro atoms. The van der Waals surface area contributed by atoms with E-state index in [0.29, 0.717) is 0 Å². The van der Waals surface area contributed by atoms with Crippen LogP contribution >= 0.6 is 0 Å². The molecule has 1 aliphatic heterocycles. The highest BCUT2D eigenvalue weighted by atomic mass is 16.1. The minimum Gasteiger partial charge on any atom is -0.385 e. The molecule has 1 saturated heterocycles. The molecule has 4 nitrogen and oxygen atoms in total. The van der Waals surface area contributed by atoms with Gasteiger partial charge in [0.25, 0.3) is 5.91 Å². The first kappa shape index (κ1) is 13.9. The van der Waals surface area contributed by atoms with Gasteiger partial charge < -0.3 is 15.5 Å². The number of benzene rings is 1. The average Bonchev–Trinajstić information content (AvgIpc) is 2.93. The zero-order valence-corrected chi connectivity index (χ0v) is 11.6. The molecule has 0 radical (unpaired) electrons. The van der Waals surface area contributed by atoms with Gasteiger partial charge in [0.05, 0.1) is 5.56 Å². The van der Waals surface area contributed by atoms with Crippen molar-refractivity contribution in [3.8, 4) is 0 Å². The highest BCUT2D eigenvalue weighted by Gasteiger charge is 2.13. The van der Waals surface area contributed by atoms with E-state index in [1.165, 1.54) is 25.9 Å². The highest BCUT2D eigenvalue weighted by Crippen LogP contribution is 2.14. The number of hydrogen-bond donors (Lipinski definition) is 2. The standard InChI is InChI=1S/C15H23N3O/c1-2-16-14-8-4-3-7-13(14)15(19)17-9-12-18-10-5-6-11-18/h3-4,7-8,16H,2,5-6,9-12H2,1H3,(H,17,19). The maximum absolute atomic E-state index is 12.1. The van der Waals surface area contributed by atoms with E-state index in [1.807, 2.05) is 31.2 Å². The normalized spacial score (nSPS) is 15.4. The van der Waals surface area contributed by atoms with Crippen molar-refractivity contribution >= 4 is 11.6 Å². The number of rotatable bonds is 6. The fourth-order valence-corrected chi connectivity index (χ4v) is 2.45. The van der Waals surface area contributed by atoms with Crippen LogP contribution in [-0.2, 0) is 0 Å². The molecule has 0 saturated carbocycles. The largest absolute Gasteiger partial charge is 0.385 e. The van der Waals surface area contributed by atoms with E-state index in [0.717, 1.165) is 30.9 Å². The summed E-state index contributed by atoms with van der Waals surface area (Å²) in [4.78, 5) is 14.5. The van der Waals surface area contributed by atoms with E-state index in [-0.39, 0.29) is 5.91 Å². The average molecular weight is 261 g/mol. The van der Waals surface area contributed by atoms with Crippen molar-refractivity contribution in [3.05, 3.63) is 29.8 Å². The lowest BCUT2D eigenvalue weighted by Gasteiger charge is -2.15. The molecule has 2 N–H and O–H groups in total. The summed E-state index contributed by atoms with van der Waals surface area (Å²) in [5.74, 6) is 0.00995. The fourth-order valence-electron chi connectivity index (χ4n) is 2.45. The van der Waals surface area contributed by atoms with E-state index < -0.39 is 0 Å². The number of nitrogens with one attached hydrogen (secondary N) is 2. The van der Waals surface area contributed by atoms with Crippen LogP contribution in [0.3, 0.4) is 0 Å². The fraction of sp³-hybridized carbons (Fsp3) is 0.533. The van der Waals surface area contributed by atoms with Gasteiger partial charge in [0.15, 0.2) is 0 Å². The number of anilines is 1. The van der Waals surface area contributed by atoms with Gasteiger partial charge in [-0.05, 0) is 45.0 Å². The molecule has 1 aromatic carbocycles. The summed E-state index contributed by atoms with van der Waals surface area (Å²) in [6.45, 7) is 6.86. The molecule has 4 heteroatoms. The van der Waals surface area contributed by atoms with Crippen molar-refractivity contribution in [1.29, 1.82) is 0 Å². The van der Waals surface area contributed by atoms with E-state index in [9.17, 15) is 4.79 Å². The van der Waals surface area contributed by atoms with Crippen LogP contribution in [-0.4, -0.2) is 43.5 Å². The van der Waals surface area contributed by atoms with Gasteiger partial charge in [-0.15, -0.1) is 0 Å². The third-order valence-corrected chi connectivity index (χ3v) is 3.45. The highest BCUT2D eigenvalue weighted by molar-refractivity contribution is 5.99. The van der Waals surface area contributed by atoms with Crippen molar-refractivity contribution in [1.82, 2.24) is 10.2 Å². The topological polar surface area (TPSA) is 44.4 Å². The summed E-state index contributed by atoms with van der Waals surface area (Å²) in [7, 11) is 0. The Morgan fingerprint density at radius 2 is 2.00 bits per heavy atom. The lowest BCUT2D eigenvalue weighted by Crippen LogP contribution is -2.33. The lowest BCUT2D eigenvalue weighted by atomic mass is 10.1. The number of hydrogen-bond acceptors (Lipinski definition) is 3. The van der Waals surface area contributed by atoms with Gasteiger partial charge >= 0.3 is 0 Å². The van der Waals surface area contributed by atoms with Gasteiger partial charge in [-0.2, -0.15) is 0 Å². The van der Waals surface area contributed by atoms with E-state index in [4.69, 9.17) is 0 Å². The van der Waals surface area contributed by atoms with Crippen LogP contribution in [0.2, 0.25) is 0 Å². The van der Waals surface area contributed by atoms with Crippen LogP contribution in [0.15, 0.2) is 24.3 Å². The third-order valence-electron chi connectivity index (χ3n) is 3.45.